The predicted octanol–water partition coefficient (Wildman–Crippen LogP) is 5.21. The molecule has 0 spiro atoms. The monoisotopic (exact) mass is 514 g/mol. The molecule has 0 radical (unpaired) electrons. The summed E-state index contributed by atoms with van der Waals surface area (Å²) in [7, 11) is 3.64. The number of aryl methyl sites for hydroxylation is 1. The topological polar surface area (TPSA) is 101 Å². The van der Waals surface area contributed by atoms with E-state index in [1.165, 1.54) is 7.11 Å². The van der Waals surface area contributed by atoms with Crippen molar-refractivity contribution in [2.45, 2.75) is 25.9 Å². The Balaban J connectivity index is 1.40. The Kier molecular flexibility index (Phi) is 7.07. The van der Waals surface area contributed by atoms with Gasteiger partial charge in [0.2, 0.25) is 0 Å². The van der Waals surface area contributed by atoms with Crippen LogP contribution in [0.15, 0.2) is 69.9 Å². The van der Waals surface area contributed by atoms with E-state index in [0.29, 0.717) is 39.2 Å². The van der Waals surface area contributed by atoms with E-state index in [1.807, 2.05) is 25.1 Å². The first-order valence-electron chi connectivity index (χ1n) is 12.5. The van der Waals surface area contributed by atoms with Gasteiger partial charge in [-0.2, -0.15) is 0 Å². The summed E-state index contributed by atoms with van der Waals surface area (Å²) in [4.78, 5) is 28.2. The number of aromatic hydroxyl groups is 1. The third kappa shape index (κ3) is 5.21. The molecule has 1 aliphatic rings. The molecule has 196 valence electrons. The van der Waals surface area contributed by atoms with Crippen LogP contribution >= 0.6 is 0 Å². The number of carbonyl (C=O) groups excluding carboxylic acids is 1. The summed E-state index contributed by atoms with van der Waals surface area (Å²) in [5.41, 5.74) is 2.23. The number of methoxy groups -OCH3 is 1. The van der Waals surface area contributed by atoms with Crippen molar-refractivity contribution in [1.82, 2.24) is 4.90 Å². The van der Waals surface area contributed by atoms with E-state index < -0.39 is 11.5 Å². The number of anilines is 1. The van der Waals surface area contributed by atoms with Gasteiger partial charge in [-0.25, -0.2) is 4.79 Å². The average Bonchev–Trinajstić information content (AvgIpc) is 2.92. The van der Waals surface area contributed by atoms with Crippen LogP contribution in [0.25, 0.3) is 22.1 Å². The number of piperidine rings is 1. The van der Waals surface area contributed by atoms with Gasteiger partial charge in [0.25, 0.3) is 5.91 Å². The van der Waals surface area contributed by atoms with Gasteiger partial charge in [-0.3, -0.25) is 4.79 Å². The molecule has 8 nitrogen and oxygen atoms in total. The predicted molar refractivity (Wildman–Crippen MR) is 146 cm³/mol. The van der Waals surface area contributed by atoms with Gasteiger partial charge < -0.3 is 29.2 Å². The summed E-state index contributed by atoms with van der Waals surface area (Å²) in [6.45, 7) is 3.84. The van der Waals surface area contributed by atoms with Crippen LogP contribution in [0.2, 0.25) is 0 Å². The first-order valence-corrected chi connectivity index (χ1v) is 12.5. The van der Waals surface area contributed by atoms with Crippen molar-refractivity contribution >= 4 is 22.6 Å². The summed E-state index contributed by atoms with van der Waals surface area (Å²) < 4.78 is 17.3. The molecule has 1 amide bonds. The molecule has 5 rings (SSSR count). The molecule has 0 bridgehead atoms. The second kappa shape index (κ2) is 10.6. The number of amides is 1. The van der Waals surface area contributed by atoms with Crippen LogP contribution in [0.1, 0.15) is 28.8 Å². The number of nitrogens with one attached hydrogen (secondary N) is 1. The van der Waals surface area contributed by atoms with Gasteiger partial charge in [0.05, 0.1) is 7.11 Å². The Morgan fingerprint density at radius 3 is 2.55 bits per heavy atom. The SMILES string of the molecule is COc1ccc(C(=O)Nc2cc3ccc(OC4CCN(C)CC4)c(C)c3oc2=O)cc1-c1cccc(O)c1. The zero-order chi connectivity index (χ0) is 26.8. The fourth-order valence-corrected chi connectivity index (χ4v) is 4.75. The molecule has 0 saturated carbocycles. The van der Waals surface area contributed by atoms with Crippen molar-refractivity contribution in [2.24, 2.45) is 0 Å². The Morgan fingerprint density at radius 1 is 1.05 bits per heavy atom. The molecule has 2 N–H and O–H groups in total. The quantitative estimate of drug-likeness (QED) is 0.341. The largest absolute Gasteiger partial charge is 0.508 e. The average molecular weight is 515 g/mol. The lowest BCUT2D eigenvalue weighted by molar-refractivity contribution is 0.102. The van der Waals surface area contributed by atoms with Gasteiger partial charge in [0.1, 0.15) is 34.6 Å². The third-order valence-corrected chi connectivity index (χ3v) is 6.93. The maximum Gasteiger partial charge on any atom is 0.360 e. The summed E-state index contributed by atoms with van der Waals surface area (Å²) in [6, 6.07) is 16.9. The van der Waals surface area contributed by atoms with E-state index in [-0.39, 0.29) is 17.5 Å². The van der Waals surface area contributed by atoms with E-state index in [2.05, 4.69) is 17.3 Å². The Labute approximate surface area is 220 Å². The van der Waals surface area contributed by atoms with Crippen molar-refractivity contribution in [3.05, 3.63) is 82.2 Å². The van der Waals surface area contributed by atoms with Gasteiger partial charge in [-0.1, -0.05) is 12.1 Å². The van der Waals surface area contributed by atoms with Crippen molar-refractivity contribution in [3.8, 4) is 28.4 Å². The first-order chi connectivity index (χ1) is 18.3. The van der Waals surface area contributed by atoms with Gasteiger partial charge >= 0.3 is 5.63 Å². The molecule has 2 heterocycles. The molecule has 4 aromatic rings. The van der Waals surface area contributed by atoms with Gasteiger partial charge in [-0.15, -0.1) is 0 Å². The van der Waals surface area contributed by atoms with Gasteiger partial charge in [-0.05, 0) is 80.9 Å². The number of likely N-dealkylation sites (tertiary alicyclic amines) is 1. The van der Waals surface area contributed by atoms with E-state index >= 15 is 0 Å². The van der Waals surface area contributed by atoms with Crippen LogP contribution in [-0.4, -0.2) is 49.3 Å². The molecule has 1 aromatic heterocycles. The molecular formula is C30H30N2O6. The lowest BCUT2D eigenvalue weighted by Gasteiger charge is -2.29. The maximum atomic E-state index is 13.1. The number of carbonyl (C=O) groups is 1. The number of fused-ring (bicyclic) bond motifs is 1. The van der Waals surface area contributed by atoms with Crippen LogP contribution < -0.4 is 20.4 Å². The standard InChI is InChI=1S/C30H30N2O6/c1-18-26(37-23-11-13-32(2)14-12-23)9-7-20-17-25(30(35)38-28(18)20)31-29(34)21-8-10-27(36-3)24(16-21)19-5-4-6-22(33)15-19/h4-10,15-17,23,33H,11-14H2,1-3H3,(H,31,34). The number of hydrogen-bond acceptors (Lipinski definition) is 7. The normalized spacial score (nSPS) is 14.4. The highest BCUT2D eigenvalue weighted by Gasteiger charge is 2.20. The molecule has 0 unspecified atom stereocenters. The second-order valence-corrected chi connectivity index (χ2v) is 9.59. The zero-order valence-corrected chi connectivity index (χ0v) is 21.6. The van der Waals surface area contributed by atoms with E-state index in [9.17, 15) is 14.7 Å². The number of nitrogens with zero attached hydrogens (tertiary/aromatic N) is 1. The fourth-order valence-electron chi connectivity index (χ4n) is 4.75. The molecular weight excluding hydrogens is 484 g/mol. The molecule has 3 aromatic carbocycles. The van der Waals surface area contributed by atoms with Crippen LogP contribution in [-0.2, 0) is 0 Å². The highest BCUT2D eigenvalue weighted by atomic mass is 16.5. The number of ether oxygens (including phenoxy) is 2. The number of phenolic OH excluding ortho intramolecular Hbond substituents is 1. The molecule has 38 heavy (non-hydrogen) atoms. The molecule has 1 fully saturated rings. The Bertz CT molecular complexity index is 1550. The Hall–Kier alpha value is -4.30. The first kappa shape index (κ1) is 25.4. The summed E-state index contributed by atoms with van der Waals surface area (Å²) in [5, 5.41) is 13.2. The number of rotatable bonds is 6. The minimum Gasteiger partial charge on any atom is -0.508 e. The van der Waals surface area contributed by atoms with Crippen molar-refractivity contribution in [2.75, 3.05) is 32.6 Å². The zero-order valence-electron chi connectivity index (χ0n) is 21.6. The van der Waals surface area contributed by atoms with Gasteiger partial charge in [0, 0.05) is 35.2 Å². The van der Waals surface area contributed by atoms with Crippen molar-refractivity contribution < 1.29 is 23.8 Å². The molecule has 1 aliphatic heterocycles. The number of benzene rings is 3. The van der Waals surface area contributed by atoms with E-state index in [4.69, 9.17) is 13.9 Å². The third-order valence-electron chi connectivity index (χ3n) is 6.93. The molecule has 8 heteroatoms. The smallest absolute Gasteiger partial charge is 0.360 e. The Morgan fingerprint density at radius 2 is 1.82 bits per heavy atom. The van der Waals surface area contributed by atoms with Crippen molar-refractivity contribution in [3.63, 3.8) is 0 Å². The van der Waals surface area contributed by atoms with Crippen LogP contribution in [0.4, 0.5) is 5.69 Å². The van der Waals surface area contributed by atoms with Crippen LogP contribution in [0.5, 0.6) is 17.2 Å². The highest BCUT2D eigenvalue weighted by molar-refractivity contribution is 6.05. The summed E-state index contributed by atoms with van der Waals surface area (Å²) in [6.07, 6.45) is 2.02. The minimum atomic E-state index is -0.646. The minimum absolute atomic E-state index is 0.0422. The molecule has 1 saturated heterocycles. The molecule has 0 aliphatic carbocycles. The maximum absolute atomic E-state index is 13.1. The van der Waals surface area contributed by atoms with E-state index in [0.717, 1.165) is 31.5 Å². The summed E-state index contributed by atoms with van der Waals surface area (Å²) in [5.74, 6) is 0.874. The highest BCUT2D eigenvalue weighted by Crippen LogP contribution is 2.33. The van der Waals surface area contributed by atoms with Crippen LogP contribution in [0.3, 0.4) is 0 Å². The summed E-state index contributed by atoms with van der Waals surface area (Å²) >= 11 is 0. The molecule has 0 atom stereocenters. The second-order valence-electron chi connectivity index (χ2n) is 9.59. The fraction of sp³-hybridized carbons (Fsp3) is 0.267. The van der Waals surface area contributed by atoms with Gasteiger partial charge in [0.15, 0.2) is 0 Å². The van der Waals surface area contributed by atoms with Crippen LogP contribution in [0, 0.1) is 6.92 Å². The van der Waals surface area contributed by atoms with Crippen molar-refractivity contribution in [1.29, 1.82) is 0 Å². The lowest BCUT2D eigenvalue weighted by Crippen LogP contribution is -2.35. The number of hydrogen-bond donors (Lipinski definition) is 2. The lowest BCUT2D eigenvalue weighted by atomic mass is 10.0. The number of phenols is 1. The van der Waals surface area contributed by atoms with E-state index in [1.54, 1.807) is 42.5 Å².